The second-order valence-electron chi connectivity index (χ2n) is 4.25. The molecule has 2 aromatic rings. The van der Waals surface area contributed by atoms with Crippen LogP contribution in [0.4, 0.5) is 0 Å². The van der Waals surface area contributed by atoms with Crippen LogP contribution in [0.1, 0.15) is 17.3 Å². The van der Waals surface area contributed by atoms with Crippen molar-refractivity contribution in [1.82, 2.24) is 14.9 Å². The van der Waals surface area contributed by atoms with Crippen molar-refractivity contribution in [2.24, 2.45) is 5.73 Å². The van der Waals surface area contributed by atoms with E-state index in [1.165, 1.54) is 13.2 Å². The van der Waals surface area contributed by atoms with Gasteiger partial charge in [0.25, 0.3) is 0 Å². The summed E-state index contributed by atoms with van der Waals surface area (Å²) in [5.41, 5.74) is 6.30. The highest BCUT2D eigenvalue weighted by molar-refractivity contribution is 7.89. The number of sulfonamides is 1. The molecule has 1 heterocycles. The molecule has 0 aliphatic heterocycles. The fourth-order valence-corrected chi connectivity index (χ4v) is 2.83. The maximum Gasteiger partial charge on any atom is 0.244 e. The third-order valence-electron chi connectivity index (χ3n) is 2.74. The molecule has 0 amide bonds. The van der Waals surface area contributed by atoms with Crippen LogP contribution in [0.3, 0.4) is 0 Å². The maximum absolute atomic E-state index is 12.3. The molecule has 9 heteroatoms. The van der Waals surface area contributed by atoms with E-state index in [0.29, 0.717) is 12.4 Å². The van der Waals surface area contributed by atoms with E-state index in [4.69, 9.17) is 15.0 Å². The third kappa shape index (κ3) is 3.57. The number of nitrogens with zero attached hydrogens (tertiary/aromatic N) is 2. The molecule has 21 heavy (non-hydrogen) atoms. The van der Waals surface area contributed by atoms with Crippen LogP contribution in [0.15, 0.2) is 27.6 Å². The molecule has 0 spiro atoms. The van der Waals surface area contributed by atoms with Crippen LogP contribution in [-0.4, -0.2) is 25.7 Å². The minimum absolute atomic E-state index is 0.0263. The summed E-state index contributed by atoms with van der Waals surface area (Å²) in [5, 5.41) is 3.59. The highest BCUT2D eigenvalue weighted by atomic mass is 32.2. The van der Waals surface area contributed by atoms with E-state index < -0.39 is 10.0 Å². The Morgan fingerprint density at radius 3 is 2.76 bits per heavy atom. The molecule has 8 nitrogen and oxygen atoms in total. The molecule has 114 valence electrons. The van der Waals surface area contributed by atoms with Gasteiger partial charge in [0.1, 0.15) is 10.6 Å². The quantitative estimate of drug-likeness (QED) is 0.788. The summed E-state index contributed by atoms with van der Waals surface area (Å²) in [5.74, 6) is 0.856. The van der Waals surface area contributed by atoms with E-state index in [9.17, 15) is 8.42 Å². The zero-order chi connectivity index (χ0) is 15.5. The van der Waals surface area contributed by atoms with Crippen LogP contribution >= 0.6 is 0 Å². The number of aryl methyl sites for hydroxylation is 1. The fraction of sp³-hybridized carbons (Fsp3) is 0.333. The van der Waals surface area contributed by atoms with Gasteiger partial charge in [-0.05, 0) is 24.6 Å². The summed E-state index contributed by atoms with van der Waals surface area (Å²) in [6.45, 7) is 1.85. The van der Waals surface area contributed by atoms with Crippen LogP contribution < -0.4 is 15.2 Å². The number of methoxy groups -OCH3 is 1. The molecule has 1 aromatic carbocycles. The van der Waals surface area contributed by atoms with Gasteiger partial charge >= 0.3 is 0 Å². The van der Waals surface area contributed by atoms with E-state index >= 15 is 0 Å². The number of nitrogens with one attached hydrogen (secondary N) is 1. The number of nitrogens with two attached hydrogens (primary N) is 1. The van der Waals surface area contributed by atoms with Crippen LogP contribution in [0.25, 0.3) is 0 Å². The lowest BCUT2D eigenvalue weighted by atomic mass is 10.2. The topological polar surface area (TPSA) is 120 Å². The largest absolute Gasteiger partial charge is 0.495 e. The second-order valence-corrected chi connectivity index (χ2v) is 5.98. The lowest BCUT2D eigenvalue weighted by molar-refractivity contribution is 0.371. The lowest BCUT2D eigenvalue weighted by Gasteiger charge is -2.11. The maximum atomic E-state index is 12.3. The van der Waals surface area contributed by atoms with Crippen molar-refractivity contribution in [3.05, 3.63) is 35.5 Å². The van der Waals surface area contributed by atoms with Crippen molar-refractivity contribution >= 4 is 10.0 Å². The molecule has 0 saturated heterocycles. The van der Waals surface area contributed by atoms with Crippen LogP contribution in [0, 0.1) is 6.92 Å². The highest BCUT2D eigenvalue weighted by Gasteiger charge is 2.20. The van der Waals surface area contributed by atoms with Crippen molar-refractivity contribution in [2.45, 2.75) is 24.9 Å². The molecule has 0 aliphatic carbocycles. The smallest absolute Gasteiger partial charge is 0.244 e. The molecule has 2 rings (SSSR count). The Morgan fingerprint density at radius 1 is 1.43 bits per heavy atom. The molecule has 0 fully saturated rings. The van der Waals surface area contributed by atoms with Crippen molar-refractivity contribution in [1.29, 1.82) is 0 Å². The minimum Gasteiger partial charge on any atom is -0.495 e. The average molecular weight is 312 g/mol. The molecule has 0 aliphatic rings. The molecule has 3 N–H and O–H groups in total. The van der Waals surface area contributed by atoms with Gasteiger partial charge in [-0.2, -0.15) is 4.98 Å². The minimum atomic E-state index is -3.76. The first kappa shape index (κ1) is 15.4. The first-order valence-electron chi connectivity index (χ1n) is 6.12. The summed E-state index contributed by atoms with van der Waals surface area (Å²) in [6.07, 6.45) is 0. The fourth-order valence-electron chi connectivity index (χ4n) is 1.71. The Morgan fingerprint density at radius 2 is 2.19 bits per heavy atom. The summed E-state index contributed by atoms with van der Waals surface area (Å²) >= 11 is 0. The molecule has 1 aromatic heterocycles. The number of aromatic nitrogens is 2. The molecule has 0 saturated carbocycles. The van der Waals surface area contributed by atoms with Crippen LogP contribution in [0.5, 0.6) is 5.75 Å². The first-order valence-corrected chi connectivity index (χ1v) is 7.60. The van der Waals surface area contributed by atoms with Gasteiger partial charge in [-0.1, -0.05) is 11.2 Å². The van der Waals surface area contributed by atoms with Gasteiger partial charge in [0.05, 0.1) is 13.7 Å². The Kier molecular flexibility index (Phi) is 4.56. The van der Waals surface area contributed by atoms with Crippen molar-refractivity contribution in [2.75, 3.05) is 7.11 Å². The molecule has 0 atom stereocenters. The molecule has 0 radical (unpaired) electrons. The number of ether oxygens (including phenoxy) is 1. The normalized spacial score (nSPS) is 11.6. The SMILES string of the molecule is COc1cc(CN)ccc1S(=O)(=O)NCc1nc(C)no1. The van der Waals surface area contributed by atoms with Crippen molar-refractivity contribution < 1.29 is 17.7 Å². The monoisotopic (exact) mass is 312 g/mol. The number of hydrogen-bond acceptors (Lipinski definition) is 7. The van der Waals surface area contributed by atoms with Crippen LogP contribution in [0.2, 0.25) is 0 Å². The lowest BCUT2D eigenvalue weighted by Crippen LogP contribution is -2.24. The standard InChI is InChI=1S/C12H16N4O4S/c1-8-15-12(20-16-8)7-14-21(17,18)11-4-3-9(6-13)5-10(11)19-2/h3-5,14H,6-7,13H2,1-2H3. The van der Waals surface area contributed by atoms with Gasteiger partial charge in [-0.25, -0.2) is 13.1 Å². The molecule has 0 bridgehead atoms. The van der Waals surface area contributed by atoms with E-state index in [-0.39, 0.29) is 23.1 Å². The number of hydrogen-bond donors (Lipinski definition) is 2. The summed E-state index contributed by atoms with van der Waals surface area (Å²) in [7, 11) is -2.36. The average Bonchev–Trinajstić information content (AvgIpc) is 2.90. The second kappa shape index (κ2) is 6.20. The van der Waals surface area contributed by atoms with Gasteiger partial charge in [-0.3, -0.25) is 0 Å². The highest BCUT2D eigenvalue weighted by Crippen LogP contribution is 2.24. The van der Waals surface area contributed by atoms with Gasteiger partial charge < -0.3 is 15.0 Å². The zero-order valence-electron chi connectivity index (χ0n) is 11.7. The van der Waals surface area contributed by atoms with Crippen molar-refractivity contribution in [3.8, 4) is 5.75 Å². The van der Waals surface area contributed by atoms with E-state index in [1.54, 1.807) is 19.1 Å². The predicted molar refractivity (Wildman–Crippen MR) is 73.9 cm³/mol. The summed E-state index contributed by atoms with van der Waals surface area (Å²) < 4.78 is 36.9. The number of benzene rings is 1. The zero-order valence-corrected chi connectivity index (χ0v) is 12.5. The Balaban J connectivity index is 2.22. The summed E-state index contributed by atoms with van der Waals surface area (Å²) in [6, 6.07) is 4.67. The van der Waals surface area contributed by atoms with Crippen molar-refractivity contribution in [3.63, 3.8) is 0 Å². The Hall–Kier alpha value is -1.97. The van der Waals surface area contributed by atoms with Gasteiger partial charge in [0.15, 0.2) is 5.82 Å². The predicted octanol–water partition coefficient (Wildman–Crippen LogP) is 0.324. The van der Waals surface area contributed by atoms with Gasteiger partial charge in [0, 0.05) is 6.54 Å². The molecular weight excluding hydrogens is 296 g/mol. The van der Waals surface area contributed by atoms with E-state index in [2.05, 4.69) is 14.9 Å². The molecule has 0 unspecified atom stereocenters. The third-order valence-corrected chi connectivity index (χ3v) is 4.18. The molecular formula is C12H16N4O4S. The van der Waals surface area contributed by atoms with Gasteiger partial charge in [-0.15, -0.1) is 0 Å². The summed E-state index contributed by atoms with van der Waals surface area (Å²) in [4.78, 5) is 3.95. The van der Waals surface area contributed by atoms with Gasteiger partial charge in [0.2, 0.25) is 15.9 Å². The number of rotatable bonds is 6. The van der Waals surface area contributed by atoms with Crippen LogP contribution in [-0.2, 0) is 23.1 Å². The first-order chi connectivity index (χ1) is 9.96. The van der Waals surface area contributed by atoms with E-state index in [1.807, 2.05) is 0 Å². The Labute approximate surface area is 122 Å². The van der Waals surface area contributed by atoms with E-state index in [0.717, 1.165) is 5.56 Å². The Bertz CT molecular complexity index is 727.